The van der Waals surface area contributed by atoms with Crippen molar-refractivity contribution in [2.45, 2.75) is 33.3 Å². The van der Waals surface area contributed by atoms with Gasteiger partial charge >= 0.3 is 5.97 Å². The van der Waals surface area contributed by atoms with E-state index in [9.17, 15) is 9.59 Å². The fourth-order valence-corrected chi connectivity index (χ4v) is 2.10. The maximum absolute atomic E-state index is 12.0. The summed E-state index contributed by atoms with van der Waals surface area (Å²) in [6.45, 7) is 7.21. The van der Waals surface area contributed by atoms with Gasteiger partial charge in [0.05, 0.1) is 6.21 Å². The normalized spacial score (nSPS) is 11.3. The van der Waals surface area contributed by atoms with E-state index in [0.717, 1.165) is 11.1 Å². The van der Waals surface area contributed by atoms with E-state index >= 15 is 0 Å². The van der Waals surface area contributed by atoms with Crippen LogP contribution in [-0.2, 0) is 9.53 Å². The van der Waals surface area contributed by atoms with Crippen LogP contribution in [-0.4, -0.2) is 30.3 Å². The molecule has 0 fully saturated rings. The van der Waals surface area contributed by atoms with Gasteiger partial charge in [-0.3, -0.25) is 4.79 Å². The average Bonchev–Trinajstić information content (AvgIpc) is 2.60. The van der Waals surface area contributed by atoms with Gasteiger partial charge < -0.3 is 9.47 Å². The highest BCUT2D eigenvalue weighted by atomic mass is 16.6. The van der Waals surface area contributed by atoms with Gasteiger partial charge in [-0.2, -0.15) is 5.10 Å². The van der Waals surface area contributed by atoms with Crippen molar-refractivity contribution in [3.8, 4) is 5.75 Å². The van der Waals surface area contributed by atoms with Crippen molar-refractivity contribution >= 4 is 18.1 Å². The highest BCUT2D eigenvalue weighted by Crippen LogP contribution is 2.12. The number of carbonyl (C=O) groups is 2. The minimum atomic E-state index is -0.538. The van der Waals surface area contributed by atoms with Crippen LogP contribution in [0.4, 0.5) is 0 Å². The SMILES string of the molecule is Cc1ccc(C(=O)N/N=C\c2ccc(OCC(=O)OC(C)(C)C)cc2)cc1. The van der Waals surface area contributed by atoms with Crippen molar-refractivity contribution in [1.82, 2.24) is 5.43 Å². The van der Waals surface area contributed by atoms with E-state index in [-0.39, 0.29) is 12.5 Å². The molecule has 1 N–H and O–H groups in total. The van der Waals surface area contributed by atoms with Crippen LogP contribution in [0, 0.1) is 6.92 Å². The molecule has 0 heterocycles. The quantitative estimate of drug-likeness (QED) is 0.481. The molecular weight excluding hydrogens is 344 g/mol. The number of hydrogen-bond acceptors (Lipinski definition) is 5. The van der Waals surface area contributed by atoms with Crippen LogP contribution in [0.25, 0.3) is 0 Å². The lowest BCUT2D eigenvalue weighted by molar-refractivity contribution is -0.157. The van der Waals surface area contributed by atoms with Crippen molar-refractivity contribution in [1.29, 1.82) is 0 Å². The summed E-state index contributed by atoms with van der Waals surface area (Å²) in [5.74, 6) is -0.155. The number of esters is 1. The summed E-state index contributed by atoms with van der Waals surface area (Å²) in [6.07, 6.45) is 1.53. The summed E-state index contributed by atoms with van der Waals surface area (Å²) in [5, 5.41) is 3.95. The highest BCUT2D eigenvalue weighted by molar-refractivity contribution is 5.94. The first-order chi connectivity index (χ1) is 12.7. The first kappa shape index (κ1) is 20.2. The fourth-order valence-electron chi connectivity index (χ4n) is 2.10. The third kappa shape index (κ3) is 7.32. The smallest absolute Gasteiger partial charge is 0.344 e. The molecule has 27 heavy (non-hydrogen) atoms. The van der Waals surface area contributed by atoms with Crippen molar-refractivity contribution in [2.24, 2.45) is 5.10 Å². The number of carbonyl (C=O) groups excluding carboxylic acids is 2. The van der Waals surface area contributed by atoms with Gasteiger partial charge in [0.15, 0.2) is 6.61 Å². The third-order valence-electron chi connectivity index (χ3n) is 3.35. The number of aryl methyl sites for hydroxylation is 1. The molecule has 0 aromatic heterocycles. The molecule has 6 heteroatoms. The lowest BCUT2D eigenvalue weighted by atomic mass is 10.1. The fraction of sp³-hybridized carbons (Fsp3) is 0.286. The van der Waals surface area contributed by atoms with E-state index in [1.807, 2.05) is 19.1 Å². The summed E-state index contributed by atoms with van der Waals surface area (Å²) in [6, 6.07) is 14.2. The molecule has 0 spiro atoms. The molecule has 0 saturated carbocycles. The minimum absolute atomic E-state index is 0.155. The predicted molar refractivity (Wildman–Crippen MR) is 104 cm³/mol. The van der Waals surface area contributed by atoms with Gasteiger partial charge in [0, 0.05) is 5.56 Å². The summed E-state index contributed by atoms with van der Waals surface area (Å²) >= 11 is 0. The van der Waals surface area contributed by atoms with Gasteiger partial charge in [-0.05, 0) is 69.7 Å². The summed E-state index contributed by atoms with van der Waals surface area (Å²) in [5.41, 5.74) is 4.36. The van der Waals surface area contributed by atoms with E-state index in [0.29, 0.717) is 11.3 Å². The maximum Gasteiger partial charge on any atom is 0.344 e. The van der Waals surface area contributed by atoms with Gasteiger partial charge in [0.25, 0.3) is 5.91 Å². The first-order valence-electron chi connectivity index (χ1n) is 8.58. The Labute approximate surface area is 159 Å². The van der Waals surface area contributed by atoms with Gasteiger partial charge in [-0.1, -0.05) is 17.7 Å². The summed E-state index contributed by atoms with van der Waals surface area (Å²) in [7, 11) is 0. The summed E-state index contributed by atoms with van der Waals surface area (Å²) < 4.78 is 10.6. The minimum Gasteiger partial charge on any atom is -0.482 e. The van der Waals surface area contributed by atoms with Crippen LogP contribution in [0.1, 0.15) is 42.3 Å². The van der Waals surface area contributed by atoms with Gasteiger partial charge in [-0.15, -0.1) is 0 Å². The maximum atomic E-state index is 12.0. The molecule has 1 amide bonds. The van der Waals surface area contributed by atoms with Crippen LogP contribution in [0.2, 0.25) is 0 Å². The molecule has 0 unspecified atom stereocenters. The lowest BCUT2D eigenvalue weighted by Crippen LogP contribution is -2.27. The molecular formula is C21H24N2O4. The molecule has 0 aliphatic rings. The Morgan fingerprint density at radius 1 is 1.04 bits per heavy atom. The van der Waals surface area contributed by atoms with Gasteiger partial charge in [0.1, 0.15) is 11.4 Å². The second kappa shape index (κ2) is 8.98. The van der Waals surface area contributed by atoms with Crippen LogP contribution < -0.4 is 10.2 Å². The van der Waals surface area contributed by atoms with Crippen LogP contribution in [0.15, 0.2) is 53.6 Å². The Balaban J connectivity index is 1.82. The molecule has 2 aromatic carbocycles. The lowest BCUT2D eigenvalue weighted by Gasteiger charge is -2.19. The number of amides is 1. The van der Waals surface area contributed by atoms with Crippen LogP contribution in [0.5, 0.6) is 5.75 Å². The number of rotatable bonds is 6. The Morgan fingerprint density at radius 3 is 2.26 bits per heavy atom. The van der Waals surface area contributed by atoms with E-state index in [2.05, 4.69) is 10.5 Å². The van der Waals surface area contributed by atoms with Crippen molar-refractivity contribution in [2.75, 3.05) is 6.61 Å². The first-order valence-corrected chi connectivity index (χ1v) is 8.58. The Morgan fingerprint density at radius 2 is 1.67 bits per heavy atom. The molecule has 6 nitrogen and oxygen atoms in total. The number of benzene rings is 2. The van der Waals surface area contributed by atoms with Gasteiger partial charge in [0.2, 0.25) is 0 Å². The third-order valence-corrected chi connectivity index (χ3v) is 3.35. The van der Waals surface area contributed by atoms with Crippen molar-refractivity contribution < 1.29 is 19.1 Å². The zero-order valence-corrected chi connectivity index (χ0v) is 16.0. The zero-order chi connectivity index (χ0) is 19.9. The molecule has 142 valence electrons. The van der Waals surface area contributed by atoms with Crippen molar-refractivity contribution in [3.63, 3.8) is 0 Å². The van der Waals surface area contributed by atoms with E-state index in [1.54, 1.807) is 57.2 Å². The van der Waals surface area contributed by atoms with Gasteiger partial charge in [-0.25, -0.2) is 10.2 Å². The number of nitrogens with one attached hydrogen (secondary N) is 1. The standard InChI is InChI=1S/C21H24N2O4/c1-15-5-9-17(10-6-15)20(25)23-22-13-16-7-11-18(12-8-16)26-14-19(24)27-21(2,3)4/h5-13H,14H2,1-4H3,(H,23,25)/b22-13-. The number of hydrazone groups is 1. The Kier molecular flexibility index (Phi) is 6.71. The molecule has 0 atom stereocenters. The Hall–Kier alpha value is -3.15. The highest BCUT2D eigenvalue weighted by Gasteiger charge is 2.16. The van der Waals surface area contributed by atoms with E-state index in [4.69, 9.17) is 9.47 Å². The molecule has 0 aliphatic carbocycles. The van der Waals surface area contributed by atoms with Crippen LogP contribution in [0.3, 0.4) is 0 Å². The molecule has 0 radical (unpaired) electrons. The molecule has 0 aliphatic heterocycles. The topological polar surface area (TPSA) is 77.0 Å². The average molecular weight is 368 g/mol. The second-order valence-corrected chi connectivity index (χ2v) is 7.01. The number of hydrogen-bond donors (Lipinski definition) is 1. The monoisotopic (exact) mass is 368 g/mol. The summed E-state index contributed by atoms with van der Waals surface area (Å²) in [4.78, 5) is 23.6. The van der Waals surface area contributed by atoms with E-state index < -0.39 is 11.6 Å². The molecule has 0 bridgehead atoms. The Bertz CT molecular complexity index is 804. The predicted octanol–water partition coefficient (Wildman–Crippen LogP) is 3.48. The van der Waals surface area contributed by atoms with E-state index in [1.165, 1.54) is 6.21 Å². The number of nitrogens with zero attached hydrogens (tertiary/aromatic N) is 1. The number of ether oxygens (including phenoxy) is 2. The molecule has 2 rings (SSSR count). The second-order valence-electron chi connectivity index (χ2n) is 7.01. The molecule has 0 saturated heterocycles. The van der Waals surface area contributed by atoms with Crippen LogP contribution >= 0.6 is 0 Å². The van der Waals surface area contributed by atoms with Crippen molar-refractivity contribution in [3.05, 3.63) is 65.2 Å². The largest absolute Gasteiger partial charge is 0.482 e. The zero-order valence-electron chi connectivity index (χ0n) is 16.0. The molecule has 2 aromatic rings.